The van der Waals surface area contributed by atoms with Gasteiger partial charge in [0, 0.05) is 37.1 Å². The number of piperazine rings is 1. The number of hydrogen-bond donors (Lipinski definition) is 2. The Bertz CT molecular complexity index is 274. The minimum atomic E-state index is -0.690. The average molecular weight is 226 g/mol. The Morgan fingerprint density at radius 3 is 2.75 bits per heavy atom. The van der Waals surface area contributed by atoms with Crippen molar-refractivity contribution < 1.29 is 9.90 Å². The number of hydrogen-bond acceptors (Lipinski definition) is 3. The van der Waals surface area contributed by atoms with Crippen molar-refractivity contribution in [3.63, 3.8) is 0 Å². The third kappa shape index (κ3) is 2.74. The molecule has 2 aliphatic rings. The first kappa shape index (κ1) is 11.9. The quantitative estimate of drug-likeness (QED) is 0.753. The van der Waals surface area contributed by atoms with Crippen LogP contribution in [0.3, 0.4) is 0 Å². The number of rotatable bonds is 4. The molecule has 0 radical (unpaired) electrons. The number of nitrogens with one attached hydrogen (secondary N) is 1. The molecule has 1 heterocycles. The first-order valence-corrected chi connectivity index (χ1v) is 6.21. The minimum Gasteiger partial charge on any atom is -0.481 e. The van der Waals surface area contributed by atoms with Gasteiger partial charge in [-0.3, -0.25) is 9.69 Å². The molecule has 92 valence electrons. The monoisotopic (exact) mass is 226 g/mol. The van der Waals surface area contributed by atoms with Gasteiger partial charge < -0.3 is 10.4 Å². The highest BCUT2D eigenvalue weighted by Gasteiger charge is 2.42. The Kier molecular flexibility index (Phi) is 3.22. The van der Waals surface area contributed by atoms with Crippen LogP contribution in [-0.2, 0) is 4.79 Å². The Balaban J connectivity index is 1.88. The predicted molar refractivity (Wildman–Crippen MR) is 62.5 cm³/mol. The molecule has 4 heteroatoms. The Hall–Kier alpha value is -0.610. The third-order valence-corrected chi connectivity index (χ3v) is 3.71. The van der Waals surface area contributed by atoms with Crippen LogP contribution in [0.5, 0.6) is 0 Å². The van der Waals surface area contributed by atoms with Crippen molar-refractivity contribution in [3.8, 4) is 0 Å². The van der Waals surface area contributed by atoms with Crippen LogP contribution in [-0.4, -0.2) is 46.7 Å². The van der Waals surface area contributed by atoms with Crippen LogP contribution in [0.1, 0.15) is 39.5 Å². The van der Waals surface area contributed by atoms with Crippen LogP contribution in [0, 0.1) is 0 Å². The highest BCUT2D eigenvalue weighted by molar-refractivity contribution is 5.66. The fourth-order valence-electron chi connectivity index (χ4n) is 2.57. The summed E-state index contributed by atoms with van der Waals surface area (Å²) >= 11 is 0. The van der Waals surface area contributed by atoms with Gasteiger partial charge in [0.25, 0.3) is 0 Å². The Labute approximate surface area is 97.0 Å². The maximum absolute atomic E-state index is 10.6. The van der Waals surface area contributed by atoms with Gasteiger partial charge in [0.2, 0.25) is 0 Å². The van der Waals surface area contributed by atoms with E-state index in [1.165, 1.54) is 12.8 Å². The topological polar surface area (TPSA) is 52.6 Å². The normalized spacial score (nSPS) is 30.2. The second kappa shape index (κ2) is 4.34. The van der Waals surface area contributed by atoms with Crippen LogP contribution >= 0.6 is 0 Å². The number of nitrogens with zero attached hydrogens (tertiary/aromatic N) is 1. The first-order chi connectivity index (χ1) is 7.49. The molecule has 0 aromatic heterocycles. The van der Waals surface area contributed by atoms with E-state index in [-0.39, 0.29) is 12.0 Å². The largest absolute Gasteiger partial charge is 0.481 e. The second-order valence-corrected chi connectivity index (χ2v) is 5.71. The van der Waals surface area contributed by atoms with Crippen molar-refractivity contribution in [1.82, 2.24) is 10.2 Å². The molecule has 2 N–H and O–H groups in total. The summed E-state index contributed by atoms with van der Waals surface area (Å²) in [5.41, 5.74) is 0.223. The zero-order chi connectivity index (χ0) is 11.8. The van der Waals surface area contributed by atoms with Gasteiger partial charge in [-0.2, -0.15) is 0 Å². The molecule has 1 atom stereocenters. The Morgan fingerprint density at radius 1 is 1.50 bits per heavy atom. The standard InChI is InChI=1S/C12H22N2O2/c1-12(2)8-13-9(3-6-11(15)16)7-14(12)10-4-5-10/h9-10,13H,3-8H2,1-2H3,(H,15,16). The lowest BCUT2D eigenvalue weighted by Crippen LogP contribution is -2.62. The van der Waals surface area contributed by atoms with Crippen molar-refractivity contribution in [2.75, 3.05) is 13.1 Å². The van der Waals surface area contributed by atoms with Gasteiger partial charge in [0.15, 0.2) is 0 Å². The zero-order valence-electron chi connectivity index (χ0n) is 10.2. The van der Waals surface area contributed by atoms with Crippen LogP contribution in [0.2, 0.25) is 0 Å². The SMILES string of the molecule is CC1(C)CNC(CCC(=O)O)CN1C1CC1. The molecule has 0 aromatic rings. The van der Waals surface area contributed by atoms with E-state index in [0.717, 1.165) is 25.6 Å². The van der Waals surface area contributed by atoms with Crippen LogP contribution < -0.4 is 5.32 Å². The molecular formula is C12H22N2O2. The first-order valence-electron chi connectivity index (χ1n) is 6.21. The molecule has 0 spiro atoms. The minimum absolute atomic E-state index is 0.223. The van der Waals surface area contributed by atoms with Crippen molar-refractivity contribution in [2.24, 2.45) is 0 Å². The molecule has 1 saturated carbocycles. The molecule has 16 heavy (non-hydrogen) atoms. The van der Waals surface area contributed by atoms with Crippen molar-refractivity contribution >= 4 is 5.97 Å². The molecular weight excluding hydrogens is 204 g/mol. The molecule has 2 rings (SSSR count). The summed E-state index contributed by atoms with van der Waals surface area (Å²) in [6.45, 7) is 6.51. The van der Waals surface area contributed by atoms with Crippen molar-refractivity contribution in [1.29, 1.82) is 0 Å². The zero-order valence-corrected chi connectivity index (χ0v) is 10.2. The van der Waals surface area contributed by atoms with Gasteiger partial charge in [-0.15, -0.1) is 0 Å². The highest BCUT2D eigenvalue weighted by Crippen LogP contribution is 2.34. The third-order valence-electron chi connectivity index (χ3n) is 3.71. The number of carboxylic acid groups (broad SMARTS) is 1. The van der Waals surface area contributed by atoms with Gasteiger partial charge in [-0.25, -0.2) is 0 Å². The Morgan fingerprint density at radius 2 is 2.19 bits per heavy atom. The van der Waals surface area contributed by atoms with E-state index in [9.17, 15) is 4.79 Å². The number of carboxylic acids is 1. The summed E-state index contributed by atoms with van der Waals surface area (Å²) in [4.78, 5) is 13.1. The lowest BCUT2D eigenvalue weighted by Gasteiger charge is -2.46. The van der Waals surface area contributed by atoms with Gasteiger partial charge in [0.05, 0.1) is 0 Å². The van der Waals surface area contributed by atoms with Gasteiger partial charge >= 0.3 is 5.97 Å². The van der Waals surface area contributed by atoms with Gasteiger partial charge in [-0.1, -0.05) is 0 Å². The van der Waals surface area contributed by atoms with E-state index in [0.29, 0.717) is 6.04 Å². The van der Waals surface area contributed by atoms with Crippen molar-refractivity contribution in [3.05, 3.63) is 0 Å². The predicted octanol–water partition coefficient (Wildman–Crippen LogP) is 1.07. The summed E-state index contributed by atoms with van der Waals surface area (Å²) in [6, 6.07) is 1.11. The van der Waals surface area contributed by atoms with Crippen LogP contribution in [0.4, 0.5) is 0 Å². The lowest BCUT2D eigenvalue weighted by molar-refractivity contribution is -0.137. The van der Waals surface area contributed by atoms with Gasteiger partial charge in [-0.05, 0) is 33.1 Å². The summed E-state index contributed by atoms with van der Waals surface area (Å²) in [7, 11) is 0. The van der Waals surface area contributed by atoms with E-state index in [4.69, 9.17) is 5.11 Å². The molecule has 0 bridgehead atoms. The summed E-state index contributed by atoms with van der Waals surface area (Å²) < 4.78 is 0. The van der Waals surface area contributed by atoms with E-state index in [1.54, 1.807) is 0 Å². The summed E-state index contributed by atoms with van der Waals surface area (Å²) in [6.07, 6.45) is 3.65. The second-order valence-electron chi connectivity index (χ2n) is 5.71. The fourth-order valence-corrected chi connectivity index (χ4v) is 2.57. The molecule has 1 saturated heterocycles. The average Bonchev–Trinajstić information content (AvgIpc) is 2.99. The maximum Gasteiger partial charge on any atom is 0.303 e. The van der Waals surface area contributed by atoms with E-state index in [1.807, 2.05) is 0 Å². The molecule has 2 fully saturated rings. The molecule has 0 amide bonds. The molecule has 0 aromatic carbocycles. The molecule has 1 aliphatic heterocycles. The van der Waals surface area contributed by atoms with Crippen LogP contribution in [0.15, 0.2) is 0 Å². The summed E-state index contributed by atoms with van der Waals surface area (Å²) in [5, 5.41) is 12.2. The number of carbonyl (C=O) groups is 1. The van der Waals surface area contributed by atoms with E-state index in [2.05, 4.69) is 24.1 Å². The van der Waals surface area contributed by atoms with Gasteiger partial charge in [0.1, 0.15) is 0 Å². The van der Waals surface area contributed by atoms with Crippen molar-refractivity contribution in [2.45, 2.75) is 57.2 Å². The maximum atomic E-state index is 10.6. The smallest absolute Gasteiger partial charge is 0.303 e. The molecule has 1 unspecified atom stereocenters. The molecule has 1 aliphatic carbocycles. The van der Waals surface area contributed by atoms with Crippen LogP contribution in [0.25, 0.3) is 0 Å². The summed E-state index contributed by atoms with van der Waals surface area (Å²) in [5.74, 6) is -0.690. The molecule has 4 nitrogen and oxygen atoms in total. The lowest BCUT2D eigenvalue weighted by atomic mass is 9.95. The highest BCUT2D eigenvalue weighted by atomic mass is 16.4. The fraction of sp³-hybridized carbons (Fsp3) is 0.917. The number of aliphatic carboxylic acids is 1. The van der Waals surface area contributed by atoms with E-state index < -0.39 is 5.97 Å². The van der Waals surface area contributed by atoms with E-state index >= 15 is 0 Å².